The highest BCUT2D eigenvalue weighted by molar-refractivity contribution is 6.05. The number of nitrogens with zero attached hydrogens (tertiary/aromatic N) is 2. The van der Waals surface area contributed by atoms with Gasteiger partial charge in [-0.1, -0.05) is 42.5 Å². The quantitative estimate of drug-likeness (QED) is 0.749. The highest BCUT2D eigenvalue weighted by Gasteiger charge is 2.22. The molecule has 0 unspecified atom stereocenters. The molecule has 3 N–H and O–H groups in total. The molecule has 1 aromatic heterocycles. The summed E-state index contributed by atoms with van der Waals surface area (Å²) in [5.74, 6) is -2.25. The molecule has 3 aromatic rings. The van der Waals surface area contributed by atoms with Gasteiger partial charge in [-0.2, -0.15) is 0 Å². The molecule has 120 valence electrons. The van der Waals surface area contributed by atoms with Crippen LogP contribution in [0.4, 0.5) is 0 Å². The van der Waals surface area contributed by atoms with E-state index in [2.05, 4.69) is 9.97 Å². The molecule has 2 aromatic carbocycles. The van der Waals surface area contributed by atoms with Gasteiger partial charge in [-0.25, -0.2) is 9.97 Å². The van der Waals surface area contributed by atoms with E-state index in [4.69, 9.17) is 5.73 Å². The number of carboxylic acids is 1. The van der Waals surface area contributed by atoms with Crippen molar-refractivity contribution in [3.63, 3.8) is 0 Å². The first kappa shape index (κ1) is 15.6. The van der Waals surface area contributed by atoms with E-state index in [0.29, 0.717) is 27.7 Å². The molecule has 0 saturated heterocycles. The number of hydrogen-bond donors (Lipinski definition) is 2. The summed E-state index contributed by atoms with van der Waals surface area (Å²) in [6, 6.07) is 14.0. The van der Waals surface area contributed by atoms with Gasteiger partial charge in [0.1, 0.15) is 6.33 Å². The predicted molar refractivity (Wildman–Crippen MR) is 88.6 cm³/mol. The molecule has 6 heteroatoms. The Morgan fingerprint density at radius 1 is 1.04 bits per heavy atom. The number of nitrogens with two attached hydrogens (primary N) is 1. The summed E-state index contributed by atoms with van der Waals surface area (Å²) in [6.07, 6.45) is 1.52. The van der Waals surface area contributed by atoms with E-state index in [1.807, 2.05) is 6.07 Å². The van der Waals surface area contributed by atoms with Crippen LogP contribution in [0.5, 0.6) is 0 Å². The van der Waals surface area contributed by atoms with Crippen molar-refractivity contribution in [1.29, 1.82) is 0 Å². The molecule has 0 radical (unpaired) electrons. The van der Waals surface area contributed by atoms with Crippen LogP contribution in [-0.2, 0) is 11.2 Å². The molecule has 0 aliphatic heterocycles. The Labute approximate surface area is 138 Å². The Balaban J connectivity index is 2.08. The lowest BCUT2D eigenvalue weighted by Crippen LogP contribution is -2.16. The fourth-order valence-electron chi connectivity index (χ4n) is 2.73. The normalized spacial score (nSPS) is 12.0. The van der Waals surface area contributed by atoms with Gasteiger partial charge in [-0.05, 0) is 11.6 Å². The lowest BCUT2D eigenvalue weighted by molar-refractivity contribution is -0.138. The first-order chi connectivity index (χ1) is 11.6. The lowest BCUT2D eigenvalue weighted by Gasteiger charge is -2.14. The molecule has 0 bridgehead atoms. The van der Waals surface area contributed by atoms with E-state index in [9.17, 15) is 14.7 Å². The SMILES string of the molecule is NC(=O)c1cccc2c(C[C@@H](C(=O)O)c3ccccc3)ncnc12. The van der Waals surface area contributed by atoms with Gasteiger partial charge in [0.25, 0.3) is 5.91 Å². The molecule has 1 amide bonds. The summed E-state index contributed by atoms with van der Waals surface area (Å²) in [5, 5.41) is 10.2. The zero-order valence-corrected chi connectivity index (χ0v) is 12.7. The van der Waals surface area contributed by atoms with Gasteiger partial charge in [0.15, 0.2) is 0 Å². The van der Waals surface area contributed by atoms with Crippen LogP contribution in [-0.4, -0.2) is 27.0 Å². The molecular formula is C18H15N3O3. The van der Waals surface area contributed by atoms with E-state index in [0.717, 1.165) is 0 Å². The van der Waals surface area contributed by atoms with Crippen molar-refractivity contribution in [2.24, 2.45) is 5.73 Å². The van der Waals surface area contributed by atoms with Gasteiger partial charge in [-0.3, -0.25) is 9.59 Å². The van der Waals surface area contributed by atoms with Gasteiger partial charge >= 0.3 is 5.97 Å². The van der Waals surface area contributed by atoms with Gasteiger partial charge in [0.05, 0.1) is 22.7 Å². The number of carbonyl (C=O) groups is 2. The Kier molecular flexibility index (Phi) is 4.20. The standard InChI is InChI=1S/C18H15N3O3/c19-17(22)13-8-4-7-12-15(20-10-21-16(12)13)9-14(18(23)24)11-5-2-1-3-6-11/h1-8,10,14H,9H2,(H2,19,22)(H,23,24)/t14-/m1/s1. The summed E-state index contributed by atoms with van der Waals surface area (Å²) < 4.78 is 0. The van der Waals surface area contributed by atoms with Crippen LogP contribution in [0.25, 0.3) is 10.9 Å². The molecule has 3 rings (SSSR count). The molecule has 0 aliphatic carbocycles. The van der Waals surface area contributed by atoms with Crippen LogP contribution in [0.3, 0.4) is 0 Å². The lowest BCUT2D eigenvalue weighted by atomic mass is 9.92. The van der Waals surface area contributed by atoms with Crippen LogP contribution >= 0.6 is 0 Å². The monoisotopic (exact) mass is 321 g/mol. The van der Waals surface area contributed by atoms with E-state index in [1.54, 1.807) is 42.5 Å². The molecule has 0 fully saturated rings. The summed E-state index contributed by atoms with van der Waals surface area (Å²) in [5.41, 5.74) is 7.37. The number of primary amides is 1. The minimum atomic E-state index is -0.931. The third kappa shape index (κ3) is 2.94. The maximum absolute atomic E-state index is 11.7. The summed E-state index contributed by atoms with van der Waals surface area (Å²) >= 11 is 0. The zero-order chi connectivity index (χ0) is 17.1. The first-order valence-corrected chi connectivity index (χ1v) is 7.38. The summed E-state index contributed by atoms with van der Waals surface area (Å²) in [4.78, 5) is 31.6. The number of fused-ring (bicyclic) bond motifs is 1. The minimum absolute atomic E-state index is 0.195. The van der Waals surface area contributed by atoms with Crippen molar-refractivity contribution in [2.45, 2.75) is 12.3 Å². The second kappa shape index (κ2) is 6.45. The molecule has 0 saturated carbocycles. The Morgan fingerprint density at radius 3 is 2.46 bits per heavy atom. The number of amides is 1. The fourth-order valence-corrected chi connectivity index (χ4v) is 2.73. The smallest absolute Gasteiger partial charge is 0.311 e. The molecule has 6 nitrogen and oxygen atoms in total. The highest BCUT2D eigenvalue weighted by atomic mass is 16.4. The van der Waals surface area contributed by atoms with Crippen LogP contribution in [0.15, 0.2) is 54.9 Å². The number of para-hydroxylation sites is 1. The Bertz CT molecular complexity index is 910. The van der Waals surface area contributed by atoms with E-state index >= 15 is 0 Å². The van der Waals surface area contributed by atoms with Gasteiger partial charge in [0, 0.05) is 11.8 Å². The molecule has 0 aliphatic rings. The highest BCUT2D eigenvalue weighted by Crippen LogP contribution is 2.25. The first-order valence-electron chi connectivity index (χ1n) is 7.38. The predicted octanol–water partition coefficient (Wildman–Crippen LogP) is 2.14. The second-order valence-electron chi connectivity index (χ2n) is 5.39. The van der Waals surface area contributed by atoms with Crippen LogP contribution in [0.2, 0.25) is 0 Å². The number of carboxylic acid groups (broad SMARTS) is 1. The number of carbonyl (C=O) groups excluding carboxylic acids is 1. The molecular weight excluding hydrogens is 306 g/mol. The molecule has 1 atom stereocenters. The molecule has 24 heavy (non-hydrogen) atoms. The van der Waals surface area contributed by atoms with Crippen LogP contribution < -0.4 is 5.73 Å². The Hall–Kier alpha value is -3.28. The number of rotatable bonds is 5. The number of hydrogen-bond acceptors (Lipinski definition) is 4. The van der Waals surface area contributed by atoms with Crippen molar-refractivity contribution in [3.8, 4) is 0 Å². The van der Waals surface area contributed by atoms with Crippen molar-refractivity contribution in [2.75, 3.05) is 0 Å². The van der Waals surface area contributed by atoms with Gasteiger partial charge in [-0.15, -0.1) is 0 Å². The minimum Gasteiger partial charge on any atom is -0.481 e. The molecule has 0 spiro atoms. The van der Waals surface area contributed by atoms with Crippen LogP contribution in [0.1, 0.15) is 27.5 Å². The van der Waals surface area contributed by atoms with Crippen molar-refractivity contribution < 1.29 is 14.7 Å². The largest absolute Gasteiger partial charge is 0.481 e. The van der Waals surface area contributed by atoms with Gasteiger partial charge < -0.3 is 10.8 Å². The van der Waals surface area contributed by atoms with Crippen molar-refractivity contribution in [1.82, 2.24) is 9.97 Å². The van der Waals surface area contributed by atoms with E-state index < -0.39 is 17.8 Å². The molecule has 1 heterocycles. The number of benzene rings is 2. The summed E-state index contributed by atoms with van der Waals surface area (Å²) in [7, 11) is 0. The van der Waals surface area contributed by atoms with E-state index in [1.165, 1.54) is 6.33 Å². The topological polar surface area (TPSA) is 106 Å². The maximum Gasteiger partial charge on any atom is 0.311 e. The third-order valence-corrected chi connectivity index (χ3v) is 3.91. The number of aromatic nitrogens is 2. The average molecular weight is 321 g/mol. The van der Waals surface area contributed by atoms with Crippen LogP contribution in [0, 0.1) is 0 Å². The average Bonchev–Trinajstić information content (AvgIpc) is 2.59. The zero-order valence-electron chi connectivity index (χ0n) is 12.7. The van der Waals surface area contributed by atoms with E-state index in [-0.39, 0.29) is 6.42 Å². The summed E-state index contributed by atoms with van der Waals surface area (Å²) in [6.45, 7) is 0. The number of aliphatic carboxylic acids is 1. The van der Waals surface area contributed by atoms with Gasteiger partial charge in [0.2, 0.25) is 0 Å². The second-order valence-corrected chi connectivity index (χ2v) is 5.39. The van der Waals surface area contributed by atoms with Crippen molar-refractivity contribution in [3.05, 3.63) is 71.7 Å². The Morgan fingerprint density at radius 2 is 1.79 bits per heavy atom. The van der Waals surface area contributed by atoms with Crippen molar-refractivity contribution >= 4 is 22.8 Å². The fraction of sp³-hybridized carbons (Fsp3) is 0.111. The maximum atomic E-state index is 11.7. The third-order valence-electron chi connectivity index (χ3n) is 3.91.